The number of carbonyl (C=O) groups excluding carboxylic acids is 1. The van der Waals surface area contributed by atoms with Gasteiger partial charge < -0.3 is 19.3 Å². The first-order chi connectivity index (χ1) is 15.0. The normalized spacial score (nSPS) is 25.7. The van der Waals surface area contributed by atoms with Gasteiger partial charge in [-0.2, -0.15) is 0 Å². The van der Waals surface area contributed by atoms with Gasteiger partial charge in [0.05, 0.1) is 25.9 Å². The van der Waals surface area contributed by atoms with Crippen LogP contribution in [-0.2, 0) is 11.3 Å². The first-order valence-electron chi connectivity index (χ1n) is 10.5. The number of carbonyl (C=O) groups is 1. The Bertz CT molecular complexity index is 936. The summed E-state index contributed by atoms with van der Waals surface area (Å²) in [6.45, 7) is 2.42. The van der Waals surface area contributed by atoms with Crippen molar-refractivity contribution < 1.29 is 28.5 Å². The Morgan fingerprint density at radius 3 is 2.61 bits per heavy atom. The molecule has 1 saturated carbocycles. The number of halogens is 1. The van der Waals surface area contributed by atoms with E-state index >= 15 is 0 Å². The zero-order valence-corrected chi connectivity index (χ0v) is 17.8. The van der Waals surface area contributed by atoms with Crippen LogP contribution in [0.3, 0.4) is 0 Å². The quantitative estimate of drug-likeness (QED) is 0.711. The minimum atomic E-state index is -0.568. The van der Waals surface area contributed by atoms with E-state index < -0.39 is 12.1 Å². The third kappa shape index (κ3) is 4.83. The minimum absolute atomic E-state index is 0.248. The topological polar surface area (TPSA) is 68.2 Å². The monoisotopic (exact) mass is 429 g/mol. The van der Waals surface area contributed by atoms with Crippen molar-refractivity contribution in [3.63, 3.8) is 0 Å². The molecular weight excluding hydrogens is 401 g/mol. The molecule has 2 aliphatic rings. The molecule has 1 aliphatic heterocycles. The number of benzene rings is 2. The van der Waals surface area contributed by atoms with Crippen LogP contribution in [0.25, 0.3) is 0 Å². The number of esters is 1. The van der Waals surface area contributed by atoms with Crippen LogP contribution in [0.15, 0.2) is 42.5 Å². The van der Waals surface area contributed by atoms with Gasteiger partial charge in [-0.15, -0.1) is 0 Å². The third-order valence-electron chi connectivity index (χ3n) is 6.33. The van der Waals surface area contributed by atoms with Crippen LogP contribution < -0.4 is 9.47 Å². The van der Waals surface area contributed by atoms with E-state index in [4.69, 9.17) is 14.2 Å². The van der Waals surface area contributed by atoms with Gasteiger partial charge >= 0.3 is 5.97 Å². The molecule has 31 heavy (non-hydrogen) atoms. The summed E-state index contributed by atoms with van der Waals surface area (Å²) >= 11 is 0. The Hall–Kier alpha value is -2.64. The maximum Gasteiger partial charge on any atom is 0.337 e. The van der Waals surface area contributed by atoms with Crippen molar-refractivity contribution >= 4 is 5.97 Å². The summed E-state index contributed by atoms with van der Waals surface area (Å²) in [7, 11) is 2.80. The Morgan fingerprint density at radius 2 is 1.90 bits per heavy atom. The molecule has 0 bridgehead atoms. The molecule has 0 amide bonds. The maximum absolute atomic E-state index is 14.0. The highest BCUT2D eigenvalue weighted by molar-refractivity contribution is 5.89. The van der Waals surface area contributed by atoms with E-state index in [1.165, 1.54) is 20.3 Å². The fraction of sp³-hybridized carbons (Fsp3) is 0.458. The molecule has 0 aromatic heterocycles. The van der Waals surface area contributed by atoms with Gasteiger partial charge in [0.1, 0.15) is 11.9 Å². The lowest BCUT2D eigenvalue weighted by Gasteiger charge is -2.35. The molecular formula is C24H28FNO5. The zero-order valence-electron chi connectivity index (χ0n) is 17.8. The predicted octanol–water partition coefficient (Wildman–Crippen LogP) is 3.27. The maximum atomic E-state index is 14.0. The van der Waals surface area contributed by atoms with Crippen molar-refractivity contribution in [2.75, 3.05) is 27.3 Å². The lowest BCUT2D eigenvalue weighted by atomic mass is 9.78. The van der Waals surface area contributed by atoms with Crippen LogP contribution >= 0.6 is 0 Å². The molecule has 2 aromatic carbocycles. The number of fused-ring (bicyclic) bond motifs is 1. The van der Waals surface area contributed by atoms with Crippen LogP contribution in [0.2, 0.25) is 0 Å². The standard InChI is InChI=1S/C24H28FNO5/c1-29-22-7-6-15(8-20(22)25)12-26-13-17-10-21(27)23(11-18(17)14-26)31-19-5-3-4-16(9-19)24(28)30-2/h3-9,17-18,21,23,27H,10-14H2,1-2H3/t17-,18+,21+,23+/m0/s1. The second kappa shape index (κ2) is 9.24. The first-order valence-corrected chi connectivity index (χ1v) is 10.5. The van der Waals surface area contributed by atoms with Crippen molar-refractivity contribution in [1.82, 2.24) is 4.90 Å². The second-order valence-corrected chi connectivity index (χ2v) is 8.40. The van der Waals surface area contributed by atoms with Gasteiger partial charge in [-0.1, -0.05) is 12.1 Å². The number of aliphatic hydroxyl groups excluding tert-OH is 1. The molecule has 1 N–H and O–H groups in total. The molecule has 6 nitrogen and oxygen atoms in total. The smallest absolute Gasteiger partial charge is 0.337 e. The summed E-state index contributed by atoms with van der Waals surface area (Å²) < 4.78 is 29.8. The van der Waals surface area contributed by atoms with Crippen molar-refractivity contribution in [3.8, 4) is 11.5 Å². The fourth-order valence-corrected chi connectivity index (χ4v) is 4.80. The summed E-state index contributed by atoms with van der Waals surface area (Å²) in [4.78, 5) is 14.1. The number of hydrogen-bond donors (Lipinski definition) is 1. The van der Waals surface area contributed by atoms with Crippen molar-refractivity contribution in [1.29, 1.82) is 0 Å². The summed E-state index contributed by atoms with van der Waals surface area (Å²) in [5.41, 5.74) is 1.33. The second-order valence-electron chi connectivity index (χ2n) is 8.40. The van der Waals surface area contributed by atoms with Gasteiger partial charge in [-0.3, -0.25) is 4.90 Å². The molecule has 1 saturated heterocycles. The number of hydrogen-bond acceptors (Lipinski definition) is 6. The highest BCUT2D eigenvalue weighted by atomic mass is 19.1. The molecule has 0 unspecified atom stereocenters. The molecule has 1 aliphatic carbocycles. The average molecular weight is 429 g/mol. The number of methoxy groups -OCH3 is 2. The molecule has 0 spiro atoms. The van der Waals surface area contributed by atoms with Crippen molar-refractivity contribution in [3.05, 3.63) is 59.4 Å². The summed E-state index contributed by atoms with van der Waals surface area (Å²) in [6, 6.07) is 11.9. The van der Waals surface area contributed by atoms with E-state index in [0.717, 1.165) is 25.1 Å². The SMILES string of the molecule is COC(=O)c1cccc(O[C@@H]2C[C@@H]3CN(Cc4ccc(OC)c(F)c4)C[C@@H]3C[C@H]2O)c1. The number of ether oxygens (including phenoxy) is 3. The van der Waals surface area contributed by atoms with Crippen LogP contribution in [0.5, 0.6) is 11.5 Å². The molecule has 2 aromatic rings. The van der Waals surface area contributed by atoms with Gasteiger partial charge in [0, 0.05) is 19.6 Å². The molecule has 4 rings (SSSR count). The highest BCUT2D eigenvalue weighted by Crippen LogP contribution is 2.38. The molecule has 7 heteroatoms. The van der Waals surface area contributed by atoms with Crippen molar-refractivity contribution in [2.24, 2.45) is 11.8 Å². The van der Waals surface area contributed by atoms with E-state index in [0.29, 0.717) is 36.1 Å². The lowest BCUT2D eigenvalue weighted by Crippen LogP contribution is -2.42. The van der Waals surface area contributed by atoms with Crippen LogP contribution in [0.4, 0.5) is 4.39 Å². The number of nitrogens with zero attached hydrogens (tertiary/aromatic N) is 1. The lowest BCUT2D eigenvalue weighted by molar-refractivity contribution is -0.0231. The van der Waals surface area contributed by atoms with E-state index in [9.17, 15) is 14.3 Å². The van der Waals surface area contributed by atoms with Gasteiger partial charge in [0.2, 0.25) is 0 Å². The summed E-state index contributed by atoms with van der Waals surface area (Å²) in [5.74, 6) is 0.817. The predicted molar refractivity (Wildman–Crippen MR) is 113 cm³/mol. The molecule has 0 radical (unpaired) electrons. The van der Waals surface area contributed by atoms with Crippen molar-refractivity contribution in [2.45, 2.75) is 31.6 Å². The van der Waals surface area contributed by atoms with Gasteiger partial charge in [-0.05, 0) is 60.6 Å². The molecule has 4 atom stereocenters. The number of aliphatic hydroxyl groups is 1. The van der Waals surface area contributed by atoms with E-state index in [1.807, 2.05) is 6.07 Å². The van der Waals surface area contributed by atoms with Crippen LogP contribution in [0, 0.1) is 17.7 Å². The molecule has 2 fully saturated rings. The van der Waals surface area contributed by atoms with Crippen LogP contribution in [0.1, 0.15) is 28.8 Å². The van der Waals surface area contributed by atoms with Gasteiger partial charge in [-0.25, -0.2) is 9.18 Å². The number of rotatable bonds is 6. The Morgan fingerprint density at radius 1 is 1.13 bits per heavy atom. The van der Waals surface area contributed by atoms with Gasteiger partial charge in [0.25, 0.3) is 0 Å². The Kier molecular flexibility index (Phi) is 6.43. The van der Waals surface area contributed by atoms with E-state index in [1.54, 1.807) is 30.3 Å². The number of likely N-dealkylation sites (tertiary alicyclic amines) is 1. The van der Waals surface area contributed by atoms with E-state index in [-0.39, 0.29) is 17.7 Å². The van der Waals surface area contributed by atoms with Crippen LogP contribution in [-0.4, -0.2) is 55.5 Å². The third-order valence-corrected chi connectivity index (χ3v) is 6.33. The van der Waals surface area contributed by atoms with E-state index in [2.05, 4.69) is 4.90 Å². The highest BCUT2D eigenvalue weighted by Gasteiger charge is 2.42. The summed E-state index contributed by atoms with van der Waals surface area (Å²) in [5, 5.41) is 10.7. The average Bonchev–Trinajstić information content (AvgIpc) is 3.14. The fourth-order valence-electron chi connectivity index (χ4n) is 4.80. The largest absolute Gasteiger partial charge is 0.494 e. The summed E-state index contributed by atoms with van der Waals surface area (Å²) in [6.07, 6.45) is 0.510. The molecule has 166 valence electrons. The first kappa shape index (κ1) is 21.6. The Labute approximate surface area is 181 Å². The zero-order chi connectivity index (χ0) is 22.0. The molecule has 1 heterocycles. The van der Waals surface area contributed by atoms with Gasteiger partial charge in [0.15, 0.2) is 11.6 Å². The minimum Gasteiger partial charge on any atom is -0.494 e. The Balaban J connectivity index is 1.38.